The number of amides is 2. The molecule has 1 aliphatic rings. The molecule has 0 spiro atoms. The molecule has 0 fully saturated rings. The first-order valence-corrected chi connectivity index (χ1v) is 16.2. The van der Waals surface area contributed by atoms with Crippen molar-refractivity contribution in [2.75, 3.05) is 36.6 Å². The van der Waals surface area contributed by atoms with Crippen LogP contribution in [-0.4, -0.2) is 67.0 Å². The third-order valence-corrected chi connectivity index (χ3v) is 9.75. The molecule has 3 aromatic rings. The number of esters is 1. The molecule has 4 rings (SSSR count). The number of hydrogen-bond donors (Lipinski definition) is 1. The van der Waals surface area contributed by atoms with Crippen LogP contribution in [0.15, 0.2) is 23.2 Å². The van der Waals surface area contributed by atoms with E-state index in [0.29, 0.717) is 23.2 Å². The molecule has 2 heterocycles. The van der Waals surface area contributed by atoms with Crippen LogP contribution >= 0.6 is 22.7 Å². The van der Waals surface area contributed by atoms with E-state index in [2.05, 4.69) is 10.3 Å². The number of nitro groups is 1. The van der Waals surface area contributed by atoms with Crippen molar-refractivity contribution >= 4 is 71.2 Å². The molecule has 1 N–H and O–H groups in total. The zero-order valence-corrected chi connectivity index (χ0v) is 24.8. The Morgan fingerprint density at radius 2 is 1.93 bits per heavy atom. The summed E-state index contributed by atoms with van der Waals surface area (Å²) in [7, 11) is -4.23. The normalized spacial score (nSPS) is 13.4. The Morgan fingerprint density at radius 1 is 1.15 bits per heavy atom. The second kappa shape index (κ2) is 13.0. The number of thiophene rings is 1. The number of non-ortho nitro benzene ring substituents is 1. The summed E-state index contributed by atoms with van der Waals surface area (Å²) < 4.78 is 38.1. The summed E-state index contributed by atoms with van der Waals surface area (Å²) in [5.74, 6) is -4.46. The number of nitrogens with zero attached hydrogens (tertiary/aromatic N) is 3. The summed E-state index contributed by atoms with van der Waals surface area (Å²) in [5.41, 5.74) is 1.51. The molecule has 0 saturated carbocycles. The minimum absolute atomic E-state index is 0.135. The Bertz CT molecular complexity index is 1690. The van der Waals surface area contributed by atoms with Crippen molar-refractivity contribution in [2.45, 2.75) is 39.7 Å². The molecule has 13 nitrogen and oxygen atoms in total. The van der Waals surface area contributed by atoms with E-state index in [0.717, 1.165) is 34.6 Å². The molecular formula is C25H28N4O9S3. The lowest BCUT2D eigenvalue weighted by molar-refractivity contribution is -0.384. The van der Waals surface area contributed by atoms with Crippen LogP contribution in [0.25, 0.3) is 10.2 Å². The van der Waals surface area contributed by atoms with Gasteiger partial charge in [0.1, 0.15) is 16.5 Å². The highest BCUT2D eigenvalue weighted by Crippen LogP contribution is 2.39. The molecule has 2 amide bonds. The van der Waals surface area contributed by atoms with Crippen LogP contribution in [0, 0.1) is 10.1 Å². The molecule has 2 aromatic heterocycles. The number of sulfone groups is 1. The van der Waals surface area contributed by atoms with Gasteiger partial charge < -0.3 is 19.4 Å². The number of benzene rings is 1. The van der Waals surface area contributed by atoms with E-state index in [4.69, 9.17) is 9.47 Å². The third-order valence-electron chi connectivity index (χ3n) is 6.11. The Balaban J connectivity index is 1.52. The maximum absolute atomic E-state index is 12.8. The molecule has 0 atom stereocenters. The van der Waals surface area contributed by atoms with Gasteiger partial charge in [0.15, 0.2) is 14.6 Å². The molecule has 0 radical (unpaired) electrons. The lowest BCUT2D eigenvalue weighted by atomic mass is 10.1. The maximum atomic E-state index is 12.8. The van der Waals surface area contributed by atoms with Crippen LogP contribution in [0.5, 0.6) is 0 Å². The molecule has 0 aliphatic heterocycles. The molecular weight excluding hydrogens is 596 g/mol. The van der Waals surface area contributed by atoms with E-state index < -0.39 is 44.0 Å². The summed E-state index contributed by atoms with van der Waals surface area (Å²) in [4.78, 5) is 53.6. The highest BCUT2D eigenvalue weighted by molar-refractivity contribution is 7.92. The topological polar surface area (TPSA) is 176 Å². The Labute approximate surface area is 242 Å². The largest absolute Gasteiger partial charge is 0.462 e. The van der Waals surface area contributed by atoms with Gasteiger partial charge in [-0.15, -0.1) is 11.3 Å². The van der Waals surface area contributed by atoms with Crippen LogP contribution in [0.2, 0.25) is 0 Å². The number of aromatic nitrogens is 1. The van der Waals surface area contributed by atoms with Gasteiger partial charge in [0.05, 0.1) is 33.9 Å². The Hall–Kier alpha value is -3.47. The van der Waals surface area contributed by atoms with Gasteiger partial charge in [-0.2, -0.15) is 4.99 Å². The molecule has 0 saturated heterocycles. The fraction of sp³-hybridized carbons (Fsp3) is 0.440. The number of ether oxygens (including phenoxy) is 2. The monoisotopic (exact) mass is 624 g/mol. The lowest BCUT2D eigenvalue weighted by Gasteiger charge is -2.08. The molecule has 0 unspecified atom stereocenters. The van der Waals surface area contributed by atoms with E-state index in [9.17, 15) is 32.9 Å². The van der Waals surface area contributed by atoms with Crippen molar-refractivity contribution in [2.24, 2.45) is 4.99 Å². The number of nitrogens with one attached hydrogen (secondary N) is 1. The quantitative estimate of drug-likeness (QED) is 0.137. The molecule has 1 aliphatic carbocycles. The summed E-state index contributed by atoms with van der Waals surface area (Å²) in [5, 5.41) is 13.9. The minimum Gasteiger partial charge on any atom is -0.462 e. The zero-order chi connectivity index (χ0) is 29.7. The zero-order valence-electron chi connectivity index (χ0n) is 22.3. The third kappa shape index (κ3) is 7.25. The van der Waals surface area contributed by atoms with Gasteiger partial charge in [0.25, 0.3) is 11.6 Å². The average Bonchev–Trinajstić information content (AvgIpc) is 3.56. The summed E-state index contributed by atoms with van der Waals surface area (Å²) in [6.07, 6.45) is 2.30. The number of carbonyl (C=O) groups is 3. The number of rotatable bonds is 12. The first-order valence-electron chi connectivity index (χ1n) is 12.8. The van der Waals surface area contributed by atoms with Crippen LogP contribution in [0.1, 0.15) is 41.1 Å². The van der Waals surface area contributed by atoms with Crippen molar-refractivity contribution in [3.63, 3.8) is 0 Å². The minimum atomic E-state index is -4.23. The number of fused-ring (bicyclic) bond motifs is 2. The highest BCUT2D eigenvalue weighted by Gasteiger charge is 2.29. The lowest BCUT2D eigenvalue weighted by Crippen LogP contribution is -2.28. The van der Waals surface area contributed by atoms with Crippen molar-refractivity contribution in [3.05, 3.63) is 49.1 Å². The number of carbonyl (C=O) groups excluding carboxylic acids is 3. The SMILES string of the molecule is CCOCCn1c(=NC(=O)CS(=O)(=O)CC(=O)Nc2sc3c(c2C(=O)OCC)CCC3)sc2cc([N+](=O)[O-])ccc21. The van der Waals surface area contributed by atoms with Gasteiger partial charge >= 0.3 is 5.97 Å². The number of aryl methyl sites for hydroxylation is 1. The van der Waals surface area contributed by atoms with Crippen LogP contribution in [-0.2, 0) is 48.3 Å². The molecule has 1 aromatic carbocycles. The summed E-state index contributed by atoms with van der Waals surface area (Å²) in [6.45, 7) is 4.65. The van der Waals surface area contributed by atoms with E-state index in [1.807, 2.05) is 6.92 Å². The van der Waals surface area contributed by atoms with Gasteiger partial charge in [-0.25, -0.2) is 13.2 Å². The van der Waals surface area contributed by atoms with Crippen LogP contribution < -0.4 is 10.1 Å². The second-order valence-electron chi connectivity index (χ2n) is 9.01. The first-order chi connectivity index (χ1) is 19.5. The van der Waals surface area contributed by atoms with Crippen molar-refractivity contribution in [1.82, 2.24) is 4.57 Å². The highest BCUT2D eigenvalue weighted by atomic mass is 32.2. The van der Waals surface area contributed by atoms with Gasteiger partial charge in [-0.1, -0.05) is 11.3 Å². The standard InChI is InChI=1S/C25H28N4O9S3/c1-3-37-11-10-28-17-9-8-15(29(33)34)12-19(17)40-25(28)27-21(31)14-41(35,36)13-20(30)26-23-22(24(32)38-4-2)16-6-5-7-18(16)39-23/h8-9,12H,3-7,10-11,13-14H2,1-2H3,(H,26,30). The predicted molar refractivity (Wildman–Crippen MR) is 153 cm³/mol. The van der Waals surface area contributed by atoms with E-state index in [1.54, 1.807) is 11.5 Å². The summed E-state index contributed by atoms with van der Waals surface area (Å²) in [6, 6.07) is 4.22. The molecule has 41 heavy (non-hydrogen) atoms. The maximum Gasteiger partial charge on any atom is 0.341 e. The van der Waals surface area contributed by atoms with Gasteiger partial charge in [-0.3, -0.25) is 19.7 Å². The smallest absolute Gasteiger partial charge is 0.341 e. The van der Waals surface area contributed by atoms with E-state index >= 15 is 0 Å². The van der Waals surface area contributed by atoms with Crippen LogP contribution in [0.4, 0.5) is 10.7 Å². The van der Waals surface area contributed by atoms with Gasteiger partial charge in [0.2, 0.25) is 5.91 Å². The van der Waals surface area contributed by atoms with E-state index in [-0.39, 0.29) is 40.8 Å². The van der Waals surface area contributed by atoms with Crippen molar-refractivity contribution in [3.8, 4) is 0 Å². The predicted octanol–water partition coefficient (Wildman–Crippen LogP) is 2.86. The molecule has 220 valence electrons. The van der Waals surface area contributed by atoms with E-state index in [1.165, 1.54) is 29.5 Å². The first kappa shape index (κ1) is 30.5. The fourth-order valence-corrected chi connectivity index (χ4v) is 7.84. The second-order valence-corrected chi connectivity index (χ2v) is 13.2. The molecule has 0 bridgehead atoms. The number of nitro benzene ring substituents is 1. The molecule has 16 heteroatoms. The van der Waals surface area contributed by atoms with Crippen molar-refractivity contribution in [1.29, 1.82) is 0 Å². The van der Waals surface area contributed by atoms with Crippen LogP contribution in [0.3, 0.4) is 0 Å². The Kier molecular flexibility index (Phi) is 9.68. The van der Waals surface area contributed by atoms with Gasteiger partial charge in [-0.05, 0) is 44.7 Å². The van der Waals surface area contributed by atoms with Gasteiger partial charge in [0, 0.05) is 30.2 Å². The Morgan fingerprint density at radius 3 is 2.63 bits per heavy atom. The van der Waals surface area contributed by atoms with Crippen molar-refractivity contribution < 1.29 is 37.2 Å². The number of thiazole rings is 1. The fourth-order valence-electron chi connectivity index (χ4n) is 4.43. The number of anilines is 1. The number of hydrogen-bond acceptors (Lipinski definition) is 11. The average molecular weight is 625 g/mol. The summed E-state index contributed by atoms with van der Waals surface area (Å²) >= 11 is 2.22.